The number of carboxylic acids is 1. The van der Waals surface area contributed by atoms with Gasteiger partial charge in [0.1, 0.15) is 5.82 Å². The average Bonchev–Trinajstić information content (AvgIpc) is 3.14. The Hall–Kier alpha value is -3.04. The lowest BCUT2D eigenvalue weighted by Crippen LogP contribution is -2.26. The molecule has 1 aromatic carbocycles. The van der Waals surface area contributed by atoms with Crippen LogP contribution in [0.4, 0.5) is 4.39 Å². The fourth-order valence-electron chi connectivity index (χ4n) is 3.87. The number of halogens is 1. The molecule has 0 amide bonds. The van der Waals surface area contributed by atoms with Crippen LogP contribution in [0.5, 0.6) is 0 Å². The van der Waals surface area contributed by atoms with E-state index >= 15 is 0 Å². The van der Waals surface area contributed by atoms with Crippen molar-refractivity contribution in [1.82, 2.24) is 14.3 Å². The van der Waals surface area contributed by atoms with E-state index in [4.69, 9.17) is 5.11 Å². The molecule has 1 unspecified atom stereocenters. The lowest BCUT2D eigenvalue weighted by Gasteiger charge is -2.19. The van der Waals surface area contributed by atoms with Crippen molar-refractivity contribution in [3.8, 4) is 0 Å². The Bertz CT molecular complexity index is 1160. The number of carbonyl (C=O) groups is 1. The first-order valence-corrected chi connectivity index (χ1v) is 12.3. The van der Waals surface area contributed by atoms with E-state index in [1.54, 1.807) is 6.20 Å². The number of pyridine rings is 1. The number of sulfonamides is 1. The molecule has 33 heavy (non-hydrogen) atoms. The van der Waals surface area contributed by atoms with Gasteiger partial charge in [0.15, 0.2) is 0 Å². The molecule has 3 rings (SSSR count). The van der Waals surface area contributed by atoms with Gasteiger partial charge in [-0.25, -0.2) is 17.5 Å². The number of carboxylic acid groups (broad SMARTS) is 1. The van der Waals surface area contributed by atoms with Gasteiger partial charge in [-0.1, -0.05) is 12.5 Å². The molecule has 0 aliphatic carbocycles. The van der Waals surface area contributed by atoms with Gasteiger partial charge < -0.3 is 9.67 Å². The van der Waals surface area contributed by atoms with Crippen LogP contribution in [-0.4, -0.2) is 35.6 Å². The Labute approximate surface area is 193 Å². The van der Waals surface area contributed by atoms with Crippen LogP contribution in [0.25, 0.3) is 0 Å². The van der Waals surface area contributed by atoms with Crippen molar-refractivity contribution < 1.29 is 22.7 Å². The summed E-state index contributed by atoms with van der Waals surface area (Å²) in [5.41, 5.74) is 3.08. The van der Waals surface area contributed by atoms with Crippen molar-refractivity contribution >= 4 is 16.0 Å². The van der Waals surface area contributed by atoms with Crippen LogP contribution in [0, 0.1) is 5.82 Å². The van der Waals surface area contributed by atoms with Crippen molar-refractivity contribution in [3.05, 3.63) is 83.7 Å². The van der Waals surface area contributed by atoms with Gasteiger partial charge in [0.05, 0.1) is 4.90 Å². The lowest BCUT2D eigenvalue weighted by molar-refractivity contribution is -0.137. The predicted octanol–water partition coefficient (Wildman–Crippen LogP) is 3.86. The SMILES string of the molecule is Cn1c(CCNS(=O)(=O)c2ccc(F)cc2)ccc1C(CCCCC(=O)O)c1cccnc1. The van der Waals surface area contributed by atoms with Crippen LogP contribution in [0.15, 0.2) is 65.8 Å². The van der Waals surface area contributed by atoms with E-state index < -0.39 is 21.8 Å². The van der Waals surface area contributed by atoms with Crippen molar-refractivity contribution in [2.45, 2.75) is 42.9 Å². The normalized spacial score (nSPS) is 12.5. The van der Waals surface area contributed by atoms with E-state index in [9.17, 15) is 17.6 Å². The molecule has 3 aromatic rings. The standard InChI is InChI=1S/C24H28FN3O4S/c1-28-20(14-16-27-33(31,32)21-11-8-19(25)9-12-21)10-13-23(28)22(6-2-3-7-24(29)30)18-5-4-15-26-17-18/h4-5,8-13,15,17,22,27H,2-3,6-7,14,16H2,1H3,(H,29,30). The highest BCUT2D eigenvalue weighted by Gasteiger charge is 2.19. The molecule has 0 saturated heterocycles. The molecular weight excluding hydrogens is 445 g/mol. The predicted molar refractivity (Wildman–Crippen MR) is 123 cm³/mol. The molecule has 0 bridgehead atoms. The maximum absolute atomic E-state index is 13.1. The summed E-state index contributed by atoms with van der Waals surface area (Å²) in [6.07, 6.45) is 6.33. The van der Waals surface area contributed by atoms with Gasteiger partial charge in [0.25, 0.3) is 0 Å². The number of benzene rings is 1. The third kappa shape index (κ3) is 6.72. The molecule has 0 radical (unpaired) electrons. The number of aromatic nitrogens is 2. The van der Waals surface area contributed by atoms with Crippen LogP contribution in [0.3, 0.4) is 0 Å². The molecule has 2 N–H and O–H groups in total. The average molecular weight is 474 g/mol. The number of rotatable bonds is 12. The Kier molecular flexibility index (Phi) is 8.35. The molecular formula is C24H28FN3O4S. The minimum Gasteiger partial charge on any atom is -0.481 e. The molecule has 2 aromatic heterocycles. The van der Waals surface area contributed by atoms with E-state index in [1.165, 1.54) is 12.1 Å². The van der Waals surface area contributed by atoms with Crippen molar-refractivity contribution in [3.63, 3.8) is 0 Å². The second-order valence-corrected chi connectivity index (χ2v) is 9.66. The zero-order valence-corrected chi connectivity index (χ0v) is 19.3. The Balaban J connectivity index is 1.68. The van der Waals surface area contributed by atoms with Gasteiger partial charge in [0.2, 0.25) is 10.0 Å². The van der Waals surface area contributed by atoms with Gasteiger partial charge in [0, 0.05) is 56.1 Å². The molecule has 0 saturated carbocycles. The fraction of sp³-hybridized carbons (Fsp3) is 0.333. The van der Waals surface area contributed by atoms with Gasteiger partial charge in [-0.15, -0.1) is 0 Å². The summed E-state index contributed by atoms with van der Waals surface area (Å²) in [4.78, 5) is 15.1. The topological polar surface area (TPSA) is 101 Å². The first-order chi connectivity index (χ1) is 15.8. The summed E-state index contributed by atoms with van der Waals surface area (Å²) in [5.74, 6) is -1.23. The summed E-state index contributed by atoms with van der Waals surface area (Å²) in [7, 11) is -1.77. The highest BCUT2D eigenvalue weighted by Crippen LogP contribution is 2.30. The van der Waals surface area contributed by atoms with Gasteiger partial charge in [-0.2, -0.15) is 0 Å². The van der Waals surface area contributed by atoms with Gasteiger partial charge in [-0.3, -0.25) is 9.78 Å². The fourth-order valence-corrected chi connectivity index (χ4v) is 4.91. The molecule has 0 aliphatic rings. The maximum atomic E-state index is 13.1. The summed E-state index contributed by atoms with van der Waals surface area (Å²) in [6, 6.07) is 12.6. The number of hydrogen-bond donors (Lipinski definition) is 2. The van der Waals surface area contributed by atoms with Crippen LogP contribution >= 0.6 is 0 Å². The molecule has 0 fully saturated rings. The monoisotopic (exact) mass is 473 g/mol. The second-order valence-electron chi connectivity index (χ2n) is 7.89. The van der Waals surface area contributed by atoms with Crippen LogP contribution in [-0.2, 0) is 28.3 Å². The summed E-state index contributed by atoms with van der Waals surface area (Å²) < 4.78 is 42.5. The smallest absolute Gasteiger partial charge is 0.303 e. The van der Waals surface area contributed by atoms with Crippen molar-refractivity contribution in [2.24, 2.45) is 7.05 Å². The number of unbranched alkanes of at least 4 members (excludes halogenated alkanes) is 1. The molecule has 176 valence electrons. The molecule has 9 heteroatoms. The van der Waals surface area contributed by atoms with Crippen LogP contribution < -0.4 is 4.72 Å². The summed E-state index contributed by atoms with van der Waals surface area (Å²) in [5, 5.41) is 8.91. The third-order valence-corrected chi connectivity index (χ3v) is 7.12. The molecule has 0 aliphatic heterocycles. The quantitative estimate of drug-likeness (QED) is 0.389. The van der Waals surface area contributed by atoms with E-state index in [-0.39, 0.29) is 23.8 Å². The number of nitrogens with zero attached hydrogens (tertiary/aromatic N) is 2. The Morgan fingerprint density at radius 3 is 2.58 bits per heavy atom. The zero-order valence-electron chi connectivity index (χ0n) is 18.4. The van der Waals surface area contributed by atoms with Gasteiger partial charge >= 0.3 is 5.97 Å². The largest absolute Gasteiger partial charge is 0.481 e. The Morgan fingerprint density at radius 2 is 1.91 bits per heavy atom. The molecule has 2 heterocycles. The minimum atomic E-state index is -3.72. The summed E-state index contributed by atoms with van der Waals surface area (Å²) >= 11 is 0. The van der Waals surface area contributed by atoms with E-state index in [0.29, 0.717) is 12.8 Å². The zero-order chi connectivity index (χ0) is 23.8. The van der Waals surface area contributed by atoms with Crippen molar-refractivity contribution in [1.29, 1.82) is 0 Å². The highest BCUT2D eigenvalue weighted by atomic mass is 32.2. The molecule has 7 nitrogen and oxygen atoms in total. The third-order valence-electron chi connectivity index (χ3n) is 5.64. The number of aliphatic carboxylic acids is 1. The number of nitrogens with one attached hydrogen (secondary N) is 1. The van der Waals surface area contributed by atoms with Gasteiger partial charge in [-0.05, 0) is 60.9 Å². The van der Waals surface area contributed by atoms with E-state index in [2.05, 4.69) is 14.3 Å². The van der Waals surface area contributed by atoms with Crippen molar-refractivity contribution in [2.75, 3.05) is 6.54 Å². The van der Waals surface area contributed by atoms with Crippen LogP contribution in [0.1, 0.15) is 48.6 Å². The van der Waals surface area contributed by atoms with E-state index in [1.807, 2.05) is 37.5 Å². The second kappa shape index (κ2) is 11.2. The molecule has 1 atom stereocenters. The first-order valence-electron chi connectivity index (χ1n) is 10.8. The first kappa shape index (κ1) is 24.6. The maximum Gasteiger partial charge on any atom is 0.303 e. The lowest BCUT2D eigenvalue weighted by atomic mass is 9.91. The van der Waals surface area contributed by atoms with E-state index in [0.717, 1.165) is 41.9 Å². The number of hydrogen-bond acceptors (Lipinski definition) is 4. The molecule has 0 spiro atoms. The van der Waals surface area contributed by atoms with Crippen LogP contribution in [0.2, 0.25) is 0 Å². The minimum absolute atomic E-state index is 0.0227. The Morgan fingerprint density at radius 1 is 1.15 bits per heavy atom. The highest BCUT2D eigenvalue weighted by molar-refractivity contribution is 7.89. The summed E-state index contributed by atoms with van der Waals surface area (Å²) in [6.45, 7) is 0.202.